The molecule has 2 aliphatic rings. The first-order chi connectivity index (χ1) is 10.7. The third-order valence-electron chi connectivity index (χ3n) is 4.62. The summed E-state index contributed by atoms with van der Waals surface area (Å²) in [7, 11) is 0. The van der Waals surface area contributed by atoms with Crippen LogP contribution in [-0.4, -0.2) is 42.5 Å². The summed E-state index contributed by atoms with van der Waals surface area (Å²) in [6.45, 7) is 4.28. The van der Waals surface area contributed by atoms with Crippen molar-refractivity contribution in [1.82, 2.24) is 10.2 Å². The maximum atomic E-state index is 12.8. The molecule has 22 heavy (non-hydrogen) atoms. The van der Waals surface area contributed by atoms with E-state index in [0.29, 0.717) is 24.7 Å². The fraction of sp³-hybridized carbons (Fsp3) is 0.529. The third-order valence-corrected chi connectivity index (χ3v) is 4.62. The maximum absolute atomic E-state index is 12.8. The number of urea groups is 1. The van der Waals surface area contributed by atoms with E-state index in [1.54, 1.807) is 4.90 Å². The Hall–Kier alpha value is -2.04. The largest absolute Gasteiger partial charge is 0.336 e. The van der Waals surface area contributed by atoms with Gasteiger partial charge in [-0.2, -0.15) is 0 Å². The van der Waals surface area contributed by atoms with E-state index in [1.807, 2.05) is 29.2 Å². The standard InChI is InChI=1S/C17H23N3O2/c1-2-14-7-3-4-10-19(14)16(21)13-6-5-8-15(12-13)20-11-9-18-17(20)22/h5-6,8,12,14H,2-4,7,9-11H2,1H3,(H,18,22)/t14-/m0/s1. The molecule has 1 aromatic carbocycles. The number of nitrogens with one attached hydrogen (secondary N) is 1. The van der Waals surface area contributed by atoms with Gasteiger partial charge < -0.3 is 10.2 Å². The Morgan fingerprint density at radius 3 is 2.91 bits per heavy atom. The number of carbonyl (C=O) groups is 2. The predicted molar refractivity (Wildman–Crippen MR) is 86.2 cm³/mol. The van der Waals surface area contributed by atoms with E-state index in [0.717, 1.165) is 31.5 Å². The average Bonchev–Trinajstić information content (AvgIpc) is 3.00. The SMILES string of the molecule is CC[C@H]1CCCCN1C(=O)c1cccc(N2CCNC2=O)c1. The van der Waals surface area contributed by atoms with Crippen LogP contribution in [-0.2, 0) is 0 Å². The Bertz CT molecular complexity index is 573. The van der Waals surface area contributed by atoms with Gasteiger partial charge in [0.05, 0.1) is 0 Å². The summed E-state index contributed by atoms with van der Waals surface area (Å²) in [5.41, 5.74) is 1.48. The number of piperidine rings is 1. The first-order valence-corrected chi connectivity index (χ1v) is 8.17. The molecule has 1 aromatic rings. The van der Waals surface area contributed by atoms with E-state index in [-0.39, 0.29) is 11.9 Å². The number of anilines is 1. The Kier molecular flexibility index (Phi) is 4.32. The molecule has 0 bridgehead atoms. The van der Waals surface area contributed by atoms with Gasteiger partial charge in [0.15, 0.2) is 0 Å². The second-order valence-corrected chi connectivity index (χ2v) is 5.99. The Balaban J connectivity index is 1.82. The van der Waals surface area contributed by atoms with Crippen LogP contribution in [0.2, 0.25) is 0 Å². The number of nitrogens with zero attached hydrogens (tertiary/aromatic N) is 2. The van der Waals surface area contributed by atoms with Crippen LogP contribution in [0.3, 0.4) is 0 Å². The zero-order valence-electron chi connectivity index (χ0n) is 13.0. The molecule has 0 unspecified atom stereocenters. The van der Waals surface area contributed by atoms with Gasteiger partial charge in [0, 0.05) is 36.9 Å². The van der Waals surface area contributed by atoms with E-state index in [4.69, 9.17) is 0 Å². The lowest BCUT2D eigenvalue weighted by molar-refractivity contribution is 0.0608. The lowest BCUT2D eigenvalue weighted by Crippen LogP contribution is -2.43. The highest BCUT2D eigenvalue weighted by molar-refractivity contribution is 5.98. The monoisotopic (exact) mass is 301 g/mol. The molecule has 3 amide bonds. The molecule has 5 heteroatoms. The number of hydrogen-bond acceptors (Lipinski definition) is 2. The van der Waals surface area contributed by atoms with Gasteiger partial charge in [-0.25, -0.2) is 4.79 Å². The van der Waals surface area contributed by atoms with Crippen LogP contribution < -0.4 is 10.2 Å². The summed E-state index contributed by atoms with van der Waals surface area (Å²) >= 11 is 0. The van der Waals surface area contributed by atoms with Crippen molar-refractivity contribution in [2.24, 2.45) is 0 Å². The molecule has 3 rings (SSSR count). The molecule has 2 heterocycles. The summed E-state index contributed by atoms with van der Waals surface area (Å²) in [5, 5.41) is 2.79. The topological polar surface area (TPSA) is 52.7 Å². The first-order valence-electron chi connectivity index (χ1n) is 8.17. The van der Waals surface area contributed by atoms with Crippen LogP contribution in [0.4, 0.5) is 10.5 Å². The number of hydrogen-bond donors (Lipinski definition) is 1. The minimum absolute atomic E-state index is 0.0889. The lowest BCUT2D eigenvalue weighted by atomic mass is 9.99. The van der Waals surface area contributed by atoms with E-state index in [9.17, 15) is 9.59 Å². The number of rotatable bonds is 3. The molecule has 0 aromatic heterocycles. The molecule has 5 nitrogen and oxygen atoms in total. The normalized spacial score (nSPS) is 21.9. The minimum Gasteiger partial charge on any atom is -0.336 e. The van der Waals surface area contributed by atoms with E-state index < -0.39 is 0 Å². The summed E-state index contributed by atoms with van der Waals surface area (Å²) < 4.78 is 0. The zero-order chi connectivity index (χ0) is 15.5. The highest BCUT2D eigenvalue weighted by Crippen LogP contribution is 2.24. The summed E-state index contributed by atoms with van der Waals surface area (Å²) in [4.78, 5) is 28.3. The molecule has 2 aliphatic heterocycles. The molecular weight excluding hydrogens is 278 g/mol. The van der Waals surface area contributed by atoms with Crippen molar-refractivity contribution in [2.75, 3.05) is 24.5 Å². The van der Waals surface area contributed by atoms with Gasteiger partial charge in [0.2, 0.25) is 0 Å². The van der Waals surface area contributed by atoms with E-state index in [2.05, 4.69) is 12.2 Å². The highest BCUT2D eigenvalue weighted by Gasteiger charge is 2.27. The molecule has 1 atom stereocenters. The average molecular weight is 301 g/mol. The summed E-state index contributed by atoms with van der Waals surface area (Å²) in [6.07, 6.45) is 4.38. The highest BCUT2D eigenvalue weighted by atomic mass is 16.2. The van der Waals surface area contributed by atoms with Gasteiger partial charge in [0.1, 0.15) is 0 Å². The van der Waals surface area contributed by atoms with Crippen molar-refractivity contribution in [2.45, 2.75) is 38.6 Å². The number of carbonyl (C=O) groups excluding carboxylic acids is 2. The molecule has 0 radical (unpaired) electrons. The van der Waals surface area contributed by atoms with Crippen LogP contribution in [0.25, 0.3) is 0 Å². The lowest BCUT2D eigenvalue weighted by Gasteiger charge is -2.35. The van der Waals surface area contributed by atoms with Gasteiger partial charge in [-0.3, -0.25) is 9.69 Å². The quantitative estimate of drug-likeness (QED) is 0.933. The second kappa shape index (κ2) is 6.38. The van der Waals surface area contributed by atoms with Gasteiger partial charge >= 0.3 is 6.03 Å². The molecule has 118 valence electrons. The number of benzene rings is 1. The van der Waals surface area contributed by atoms with Crippen LogP contribution >= 0.6 is 0 Å². The first kappa shape index (κ1) is 14.9. The third kappa shape index (κ3) is 2.80. The predicted octanol–water partition coefficient (Wildman–Crippen LogP) is 2.62. The van der Waals surface area contributed by atoms with Crippen molar-refractivity contribution < 1.29 is 9.59 Å². The van der Waals surface area contributed by atoms with Gasteiger partial charge in [-0.05, 0) is 43.9 Å². The van der Waals surface area contributed by atoms with E-state index >= 15 is 0 Å². The molecule has 2 fully saturated rings. The molecule has 1 N–H and O–H groups in total. The van der Waals surface area contributed by atoms with Crippen molar-refractivity contribution in [1.29, 1.82) is 0 Å². The molecule has 0 aliphatic carbocycles. The fourth-order valence-corrected chi connectivity index (χ4v) is 3.38. The Morgan fingerprint density at radius 1 is 1.32 bits per heavy atom. The maximum Gasteiger partial charge on any atom is 0.321 e. The van der Waals surface area contributed by atoms with E-state index in [1.165, 1.54) is 6.42 Å². The van der Waals surface area contributed by atoms with Gasteiger partial charge in [-0.15, -0.1) is 0 Å². The Labute approximate surface area is 131 Å². The number of amides is 3. The smallest absolute Gasteiger partial charge is 0.321 e. The zero-order valence-corrected chi connectivity index (χ0v) is 13.0. The van der Waals surface area contributed by atoms with Crippen molar-refractivity contribution >= 4 is 17.6 Å². The molecule has 0 saturated carbocycles. The second-order valence-electron chi connectivity index (χ2n) is 5.99. The van der Waals surface area contributed by atoms with Crippen molar-refractivity contribution in [3.63, 3.8) is 0 Å². The molecule has 2 saturated heterocycles. The van der Waals surface area contributed by atoms with Crippen LogP contribution in [0.1, 0.15) is 43.0 Å². The number of likely N-dealkylation sites (tertiary alicyclic amines) is 1. The summed E-state index contributed by atoms with van der Waals surface area (Å²) in [5.74, 6) is 0.0907. The molecule has 0 spiro atoms. The van der Waals surface area contributed by atoms with Gasteiger partial charge in [0.25, 0.3) is 5.91 Å². The van der Waals surface area contributed by atoms with Crippen LogP contribution in [0, 0.1) is 0 Å². The van der Waals surface area contributed by atoms with Crippen LogP contribution in [0.5, 0.6) is 0 Å². The fourth-order valence-electron chi connectivity index (χ4n) is 3.38. The van der Waals surface area contributed by atoms with Crippen molar-refractivity contribution in [3.8, 4) is 0 Å². The van der Waals surface area contributed by atoms with Gasteiger partial charge in [-0.1, -0.05) is 13.0 Å². The minimum atomic E-state index is -0.0889. The van der Waals surface area contributed by atoms with Crippen LogP contribution in [0.15, 0.2) is 24.3 Å². The van der Waals surface area contributed by atoms with Crippen molar-refractivity contribution in [3.05, 3.63) is 29.8 Å². The summed E-state index contributed by atoms with van der Waals surface area (Å²) in [6, 6.07) is 7.69. The Morgan fingerprint density at radius 2 is 2.18 bits per heavy atom. The molecular formula is C17H23N3O2.